The molecule has 130 valence electrons. The molecule has 4 nitrogen and oxygen atoms in total. The Kier molecular flexibility index (Phi) is 4.28. The van der Waals surface area contributed by atoms with Crippen molar-refractivity contribution in [3.8, 4) is 0 Å². The summed E-state index contributed by atoms with van der Waals surface area (Å²) in [5.41, 5.74) is 0.225. The molecule has 1 N–H and O–H groups in total. The minimum absolute atomic E-state index is 0.0673. The number of fused-ring (bicyclic) bond motifs is 1. The van der Waals surface area contributed by atoms with Gasteiger partial charge in [-0.25, -0.2) is 4.79 Å². The van der Waals surface area contributed by atoms with Gasteiger partial charge in [-0.1, -0.05) is 39.0 Å². The second kappa shape index (κ2) is 5.99. The Morgan fingerprint density at radius 1 is 1.29 bits per heavy atom. The molecule has 1 aromatic carbocycles. The minimum atomic E-state index is -0.381. The zero-order valence-electron chi connectivity index (χ0n) is 14.6. The van der Waals surface area contributed by atoms with Gasteiger partial charge in [0.25, 0.3) is 0 Å². The first kappa shape index (κ1) is 17.2. The van der Waals surface area contributed by atoms with Gasteiger partial charge in [-0.15, -0.1) is 0 Å². The number of carbonyl (C=O) groups excluding carboxylic acids is 2. The van der Waals surface area contributed by atoms with Gasteiger partial charge in [-0.05, 0) is 35.8 Å². The Hall–Kier alpha value is -1.68. The third kappa shape index (κ3) is 2.67. The van der Waals surface area contributed by atoms with Crippen molar-refractivity contribution in [1.29, 1.82) is 0 Å². The Balaban J connectivity index is 1.69. The highest BCUT2D eigenvalue weighted by Gasteiger charge is 2.73. The molecule has 0 bridgehead atoms. The van der Waals surface area contributed by atoms with Crippen molar-refractivity contribution >= 4 is 11.8 Å². The number of hydrogen-bond acceptors (Lipinski definition) is 4. The SMILES string of the molecule is CC1(C)CCC(=O)C2(C)[C@H](C(CO)COC(=O)c3ccccc3)[C@H]12. The van der Waals surface area contributed by atoms with E-state index in [1.165, 1.54) is 0 Å². The lowest BCUT2D eigenvalue weighted by Gasteiger charge is -2.31. The molecular formula is C20H26O4. The number of benzene rings is 1. The number of aliphatic hydroxyl groups is 1. The highest BCUT2D eigenvalue weighted by atomic mass is 16.5. The Bertz CT molecular complexity index is 636. The normalized spacial score (nSPS) is 31.9. The summed E-state index contributed by atoms with van der Waals surface area (Å²) in [6.45, 7) is 6.51. The van der Waals surface area contributed by atoms with Gasteiger partial charge in [0.05, 0.1) is 12.2 Å². The lowest BCUT2D eigenvalue weighted by Crippen LogP contribution is -2.30. The van der Waals surface area contributed by atoms with Crippen LogP contribution in [-0.2, 0) is 9.53 Å². The Morgan fingerprint density at radius 3 is 2.54 bits per heavy atom. The first-order valence-corrected chi connectivity index (χ1v) is 8.68. The fourth-order valence-electron chi connectivity index (χ4n) is 4.94. The van der Waals surface area contributed by atoms with Crippen LogP contribution < -0.4 is 0 Å². The zero-order valence-corrected chi connectivity index (χ0v) is 14.6. The molecule has 0 saturated heterocycles. The average Bonchev–Trinajstić information content (AvgIpc) is 3.22. The molecular weight excluding hydrogens is 304 g/mol. The molecule has 1 aromatic rings. The summed E-state index contributed by atoms with van der Waals surface area (Å²) in [5.74, 6) is 0.0851. The number of rotatable bonds is 5. The smallest absolute Gasteiger partial charge is 0.338 e. The molecule has 2 aliphatic carbocycles. The van der Waals surface area contributed by atoms with E-state index in [0.717, 1.165) is 6.42 Å². The van der Waals surface area contributed by atoms with Crippen molar-refractivity contribution in [2.24, 2.45) is 28.6 Å². The minimum Gasteiger partial charge on any atom is -0.462 e. The van der Waals surface area contributed by atoms with Crippen molar-refractivity contribution < 1.29 is 19.4 Å². The maximum atomic E-state index is 12.4. The predicted octanol–water partition coefficient (Wildman–Crippen LogP) is 3.09. The third-order valence-corrected chi connectivity index (χ3v) is 6.21. The van der Waals surface area contributed by atoms with Crippen LogP contribution in [-0.4, -0.2) is 30.1 Å². The number of ketones is 1. The highest BCUT2D eigenvalue weighted by Crippen LogP contribution is 2.72. The summed E-state index contributed by atoms with van der Waals surface area (Å²) >= 11 is 0. The molecule has 0 aliphatic heterocycles. The van der Waals surface area contributed by atoms with Gasteiger partial charge >= 0.3 is 5.97 Å². The number of ether oxygens (including phenoxy) is 1. The maximum Gasteiger partial charge on any atom is 0.338 e. The summed E-state index contributed by atoms with van der Waals surface area (Å²) in [6, 6.07) is 8.84. The second-order valence-electron chi connectivity index (χ2n) is 8.11. The Morgan fingerprint density at radius 2 is 1.96 bits per heavy atom. The van der Waals surface area contributed by atoms with Gasteiger partial charge in [-0.3, -0.25) is 4.79 Å². The Labute approximate surface area is 143 Å². The number of esters is 1. The van der Waals surface area contributed by atoms with Crippen LogP contribution in [0.1, 0.15) is 44.0 Å². The van der Waals surface area contributed by atoms with Gasteiger partial charge in [0.1, 0.15) is 5.78 Å². The standard InChI is InChI=1S/C20H26O4/c1-19(2)10-9-15(22)20(3)16(17(19)20)14(11-21)12-24-18(23)13-7-5-4-6-8-13/h4-8,14,16-17,21H,9-12H2,1-3H3/t14?,16-,17-,20?/m1/s1. The number of carbonyl (C=O) groups is 2. The average molecular weight is 330 g/mol. The van der Waals surface area contributed by atoms with Crippen molar-refractivity contribution in [2.75, 3.05) is 13.2 Å². The molecule has 2 fully saturated rings. The number of hydrogen-bond donors (Lipinski definition) is 1. The van der Waals surface area contributed by atoms with E-state index in [9.17, 15) is 14.7 Å². The lowest BCUT2D eigenvalue weighted by atomic mass is 9.72. The van der Waals surface area contributed by atoms with Gasteiger partial charge in [-0.2, -0.15) is 0 Å². The summed E-state index contributed by atoms with van der Waals surface area (Å²) in [7, 11) is 0. The van der Waals surface area contributed by atoms with E-state index < -0.39 is 0 Å². The van der Waals surface area contributed by atoms with E-state index in [0.29, 0.717) is 17.8 Å². The monoisotopic (exact) mass is 330 g/mol. The first-order valence-electron chi connectivity index (χ1n) is 8.68. The molecule has 4 atom stereocenters. The summed E-state index contributed by atoms with van der Waals surface area (Å²) in [4.78, 5) is 24.6. The summed E-state index contributed by atoms with van der Waals surface area (Å²) in [6.07, 6.45) is 1.50. The van der Waals surface area contributed by atoms with E-state index in [4.69, 9.17) is 4.74 Å². The van der Waals surface area contributed by atoms with E-state index in [1.54, 1.807) is 24.3 Å². The van der Waals surface area contributed by atoms with E-state index in [1.807, 2.05) is 13.0 Å². The van der Waals surface area contributed by atoms with Crippen LogP contribution in [0.4, 0.5) is 0 Å². The molecule has 3 rings (SSSR count). The molecule has 2 saturated carbocycles. The molecule has 0 heterocycles. The second-order valence-corrected chi connectivity index (χ2v) is 8.11. The fraction of sp³-hybridized carbons (Fsp3) is 0.600. The van der Waals surface area contributed by atoms with Crippen molar-refractivity contribution in [3.05, 3.63) is 35.9 Å². The number of Topliss-reactive ketones (excluding diaryl/α,β-unsaturated/α-hetero) is 1. The molecule has 2 unspecified atom stereocenters. The van der Waals surface area contributed by atoms with Crippen LogP contribution in [0.5, 0.6) is 0 Å². The number of aliphatic hydroxyl groups excluding tert-OH is 1. The topological polar surface area (TPSA) is 63.6 Å². The molecule has 4 heteroatoms. The van der Waals surface area contributed by atoms with Crippen molar-refractivity contribution in [1.82, 2.24) is 0 Å². The van der Waals surface area contributed by atoms with Crippen LogP contribution in [0.3, 0.4) is 0 Å². The lowest BCUT2D eigenvalue weighted by molar-refractivity contribution is -0.127. The van der Waals surface area contributed by atoms with Crippen LogP contribution in [0.25, 0.3) is 0 Å². The maximum absolute atomic E-state index is 12.4. The van der Waals surface area contributed by atoms with Crippen LogP contribution in [0.2, 0.25) is 0 Å². The zero-order chi connectivity index (χ0) is 17.5. The van der Waals surface area contributed by atoms with Crippen LogP contribution in [0, 0.1) is 28.6 Å². The first-order chi connectivity index (χ1) is 11.3. The van der Waals surface area contributed by atoms with Gasteiger partial charge in [0.2, 0.25) is 0 Å². The van der Waals surface area contributed by atoms with Crippen molar-refractivity contribution in [3.63, 3.8) is 0 Å². The molecule has 0 spiro atoms. The molecule has 24 heavy (non-hydrogen) atoms. The molecule has 0 aromatic heterocycles. The van der Waals surface area contributed by atoms with E-state index >= 15 is 0 Å². The van der Waals surface area contributed by atoms with Crippen LogP contribution in [0.15, 0.2) is 30.3 Å². The van der Waals surface area contributed by atoms with Gasteiger partial charge in [0, 0.05) is 24.4 Å². The van der Waals surface area contributed by atoms with Crippen molar-refractivity contribution in [2.45, 2.75) is 33.6 Å². The fourth-order valence-corrected chi connectivity index (χ4v) is 4.94. The van der Waals surface area contributed by atoms with E-state index in [-0.39, 0.29) is 47.8 Å². The van der Waals surface area contributed by atoms with Gasteiger partial charge in [0.15, 0.2) is 0 Å². The largest absolute Gasteiger partial charge is 0.462 e. The summed E-state index contributed by atoms with van der Waals surface area (Å²) in [5, 5.41) is 9.84. The quantitative estimate of drug-likeness (QED) is 0.843. The molecule has 0 radical (unpaired) electrons. The summed E-state index contributed by atoms with van der Waals surface area (Å²) < 4.78 is 5.43. The third-order valence-electron chi connectivity index (χ3n) is 6.21. The molecule has 0 amide bonds. The van der Waals surface area contributed by atoms with E-state index in [2.05, 4.69) is 13.8 Å². The highest BCUT2D eigenvalue weighted by molar-refractivity contribution is 5.90. The van der Waals surface area contributed by atoms with Gasteiger partial charge < -0.3 is 9.84 Å². The van der Waals surface area contributed by atoms with Crippen LogP contribution >= 0.6 is 0 Å². The predicted molar refractivity (Wildman–Crippen MR) is 90.4 cm³/mol. The molecule has 2 aliphatic rings.